The van der Waals surface area contributed by atoms with Crippen molar-refractivity contribution in [2.75, 3.05) is 5.75 Å². The van der Waals surface area contributed by atoms with Crippen molar-refractivity contribution < 1.29 is 0 Å². The summed E-state index contributed by atoms with van der Waals surface area (Å²) in [6, 6.07) is 4.11. The third-order valence-corrected chi connectivity index (χ3v) is 4.06. The van der Waals surface area contributed by atoms with Gasteiger partial charge in [-0.05, 0) is 30.9 Å². The number of thioether (sulfide) groups is 1. The van der Waals surface area contributed by atoms with E-state index in [1.165, 1.54) is 29.9 Å². The summed E-state index contributed by atoms with van der Waals surface area (Å²) < 4.78 is 0. The zero-order valence-electron chi connectivity index (χ0n) is 8.69. The summed E-state index contributed by atoms with van der Waals surface area (Å²) >= 11 is 1.91. The number of halogens is 1. The molecule has 0 atom stereocenters. The van der Waals surface area contributed by atoms with Gasteiger partial charge in [0.2, 0.25) is 0 Å². The lowest BCUT2D eigenvalue weighted by Crippen LogP contribution is -2.13. The van der Waals surface area contributed by atoms with Gasteiger partial charge in [-0.2, -0.15) is 0 Å². The first-order valence-corrected chi connectivity index (χ1v) is 6.15. The average molecular weight is 245 g/mol. The van der Waals surface area contributed by atoms with Gasteiger partial charge >= 0.3 is 0 Å². The summed E-state index contributed by atoms with van der Waals surface area (Å²) in [7, 11) is 0. The van der Waals surface area contributed by atoms with Crippen LogP contribution in [0.5, 0.6) is 0 Å². The van der Waals surface area contributed by atoms with Crippen molar-refractivity contribution in [3.63, 3.8) is 0 Å². The quantitative estimate of drug-likeness (QED) is 0.828. The van der Waals surface area contributed by atoms with E-state index in [0.29, 0.717) is 6.54 Å². The number of pyridine rings is 1. The van der Waals surface area contributed by atoms with Crippen molar-refractivity contribution in [1.82, 2.24) is 4.98 Å². The van der Waals surface area contributed by atoms with E-state index >= 15 is 0 Å². The molecule has 2 nitrogen and oxygen atoms in total. The summed E-state index contributed by atoms with van der Waals surface area (Å²) in [5, 5.41) is 0. The molecule has 2 N–H and O–H groups in total. The van der Waals surface area contributed by atoms with Gasteiger partial charge in [0.15, 0.2) is 0 Å². The van der Waals surface area contributed by atoms with Crippen LogP contribution in [0.1, 0.15) is 25.0 Å². The number of rotatable bonds is 4. The lowest BCUT2D eigenvalue weighted by molar-refractivity contribution is 0.353. The molecule has 84 valence electrons. The normalized spacial score (nSPS) is 15.5. The Labute approximate surface area is 101 Å². The van der Waals surface area contributed by atoms with Crippen LogP contribution < -0.4 is 5.73 Å². The monoisotopic (exact) mass is 244 g/mol. The third-order valence-electron chi connectivity index (χ3n) is 2.74. The zero-order chi connectivity index (χ0) is 9.80. The van der Waals surface area contributed by atoms with Crippen LogP contribution in [-0.4, -0.2) is 10.7 Å². The second-order valence-electron chi connectivity index (χ2n) is 3.76. The van der Waals surface area contributed by atoms with Crippen molar-refractivity contribution in [1.29, 1.82) is 0 Å². The smallest absolute Gasteiger partial charge is 0.0674 e. The van der Waals surface area contributed by atoms with E-state index in [4.69, 9.17) is 5.73 Å². The fourth-order valence-electron chi connectivity index (χ4n) is 1.58. The average Bonchev–Trinajstić information content (AvgIpc) is 2.16. The van der Waals surface area contributed by atoms with Crippen LogP contribution >= 0.6 is 24.2 Å². The van der Waals surface area contributed by atoms with Gasteiger partial charge in [0.1, 0.15) is 0 Å². The first-order valence-electron chi connectivity index (χ1n) is 5.17. The Kier molecular flexibility index (Phi) is 5.43. The van der Waals surface area contributed by atoms with Gasteiger partial charge < -0.3 is 5.73 Å². The molecule has 1 aliphatic carbocycles. The van der Waals surface area contributed by atoms with Crippen LogP contribution in [0.3, 0.4) is 0 Å². The van der Waals surface area contributed by atoms with Crippen LogP contribution in [0.2, 0.25) is 0 Å². The SMILES string of the molecule is Cl.NCc1ncccc1SCC1CCC1. The van der Waals surface area contributed by atoms with Gasteiger partial charge in [-0.3, -0.25) is 4.98 Å². The van der Waals surface area contributed by atoms with E-state index in [9.17, 15) is 0 Å². The summed E-state index contributed by atoms with van der Waals surface area (Å²) in [6.07, 6.45) is 6.05. The second-order valence-corrected chi connectivity index (χ2v) is 4.82. The molecular weight excluding hydrogens is 228 g/mol. The summed E-state index contributed by atoms with van der Waals surface area (Å²) in [4.78, 5) is 5.54. The van der Waals surface area contributed by atoms with E-state index in [1.807, 2.05) is 24.0 Å². The molecule has 0 amide bonds. The van der Waals surface area contributed by atoms with Gasteiger partial charge in [-0.1, -0.05) is 6.42 Å². The molecule has 0 saturated heterocycles. The Balaban J connectivity index is 0.00000112. The van der Waals surface area contributed by atoms with Crippen LogP contribution in [0.15, 0.2) is 23.2 Å². The van der Waals surface area contributed by atoms with E-state index in [1.54, 1.807) is 0 Å². The van der Waals surface area contributed by atoms with Gasteiger partial charge in [0, 0.05) is 23.4 Å². The molecular formula is C11H17ClN2S. The topological polar surface area (TPSA) is 38.9 Å². The molecule has 0 unspecified atom stereocenters. The van der Waals surface area contributed by atoms with Crippen LogP contribution in [0, 0.1) is 5.92 Å². The fourth-order valence-corrected chi connectivity index (χ4v) is 2.80. The molecule has 1 fully saturated rings. The maximum atomic E-state index is 5.63. The zero-order valence-corrected chi connectivity index (χ0v) is 10.3. The molecule has 1 saturated carbocycles. The Bertz CT molecular complexity index is 302. The molecule has 15 heavy (non-hydrogen) atoms. The van der Waals surface area contributed by atoms with E-state index in [2.05, 4.69) is 11.1 Å². The van der Waals surface area contributed by atoms with Crippen molar-refractivity contribution in [2.24, 2.45) is 11.7 Å². The lowest BCUT2D eigenvalue weighted by Gasteiger charge is -2.24. The Hall–Kier alpha value is -0.250. The maximum Gasteiger partial charge on any atom is 0.0674 e. The van der Waals surface area contributed by atoms with Gasteiger partial charge in [0.25, 0.3) is 0 Å². The predicted octanol–water partition coefficient (Wildman–Crippen LogP) is 2.85. The Morgan fingerprint density at radius 1 is 1.47 bits per heavy atom. The van der Waals surface area contributed by atoms with Gasteiger partial charge in [0.05, 0.1) is 5.69 Å². The lowest BCUT2D eigenvalue weighted by atomic mass is 9.87. The summed E-state index contributed by atoms with van der Waals surface area (Å²) in [6.45, 7) is 0.549. The number of hydrogen-bond acceptors (Lipinski definition) is 3. The highest BCUT2D eigenvalue weighted by Gasteiger charge is 2.17. The molecule has 1 aromatic rings. The molecule has 4 heteroatoms. The Morgan fingerprint density at radius 2 is 2.27 bits per heavy atom. The van der Waals surface area contributed by atoms with Crippen LogP contribution in [0.25, 0.3) is 0 Å². The Morgan fingerprint density at radius 3 is 2.87 bits per heavy atom. The van der Waals surface area contributed by atoms with Gasteiger partial charge in [-0.15, -0.1) is 24.2 Å². The minimum absolute atomic E-state index is 0. The van der Waals surface area contributed by atoms with E-state index in [0.717, 1.165) is 11.6 Å². The van der Waals surface area contributed by atoms with Crippen molar-refractivity contribution in [3.8, 4) is 0 Å². The third kappa shape index (κ3) is 3.37. The molecule has 1 aliphatic rings. The minimum atomic E-state index is 0. The highest BCUT2D eigenvalue weighted by Crippen LogP contribution is 2.33. The predicted molar refractivity (Wildman–Crippen MR) is 67.4 cm³/mol. The standard InChI is InChI=1S/C11H16N2S.ClH/c12-7-10-11(5-2-6-13-10)14-8-9-3-1-4-9;/h2,5-6,9H,1,3-4,7-8,12H2;1H. The van der Waals surface area contributed by atoms with Crippen molar-refractivity contribution >= 4 is 24.2 Å². The molecule has 0 radical (unpaired) electrons. The number of nitrogens with zero attached hydrogens (tertiary/aromatic N) is 1. The van der Waals surface area contributed by atoms with E-state index < -0.39 is 0 Å². The molecule has 2 rings (SSSR count). The molecule has 0 aromatic carbocycles. The first-order chi connectivity index (χ1) is 6.90. The van der Waals surface area contributed by atoms with Crippen molar-refractivity contribution in [3.05, 3.63) is 24.0 Å². The fraction of sp³-hybridized carbons (Fsp3) is 0.545. The summed E-state index contributed by atoms with van der Waals surface area (Å²) in [5.74, 6) is 2.17. The minimum Gasteiger partial charge on any atom is -0.325 e. The number of hydrogen-bond donors (Lipinski definition) is 1. The number of aromatic nitrogens is 1. The number of nitrogens with two attached hydrogens (primary N) is 1. The molecule has 0 bridgehead atoms. The molecule has 0 spiro atoms. The first kappa shape index (κ1) is 12.8. The molecule has 1 aromatic heterocycles. The molecule has 0 aliphatic heterocycles. The second kappa shape index (κ2) is 6.36. The van der Waals surface area contributed by atoms with Crippen molar-refractivity contribution in [2.45, 2.75) is 30.7 Å². The van der Waals surface area contributed by atoms with Crippen LogP contribution in [-0.2, 0) is 6.54 Å². The van der Waals surface area contributed by atoms with E-state index in [-0.39, 0.29) is 12.4 Å². The largest absolute Gasteiger partial charge is 0.325 e. The van der Waals surface area contributed by atoms with Gasteiger partial charge in [-0.25, -0.2) is 0 Å². The molecule has 1 heterocycles. The highest BCUT2D eigenvalue weighted by molar-refractivity contribution is 7.99. The summed E-state index contributed by atoms with van der Waals surface area (Å²) in [5.41, 5.74) is 6.67. The highest BCUT2D eigenvalue weighted by atomic mass is 35.5. The van der Waals surface area contributed by atoms with Crippen LogP contribution in [0.4, 0.5) is 0 Å². The maximum absolute atomic E-state index is 5.63.